The van der Waals surface area contributed by atoms with Crippen molar-refractivity contribution in [3.63, 3.8) is 0 Å². The summed E-state index contributed by atoms with van der Waals surface area (Å²) in [6, 6.07) is 14.8. The summed E-state index contributed by atoms with van der Waals surface area (Å²) in [5.74, 6) is -0.102. The molecule has 1 unspecified atom stereocenters. The lowest BCUT2D eigenvalue weighted by atomic mass is 9.98. The van der Waals surface area contributed by atoms with Crippen molar-refractivity contribution < 1.29 is 24.2 Å². The number of carboxylic acids is 1. The van der Waals surface area contributed by atoms with E-state index in [2.05, 4.69) is 17.6 Å². The molecule has 0 fully saturated rings. The van der Waals surface area contributed by atoms with E-state index < -0.39 is 30.4 Å². The number of hydrogen-bond donors (Lipinski definition) is 3. The maximum absolute atomic E-state index is 12.4. The molecule has 0 saturated heterocycles. The molecule has 2 amide bonds. The van der Waals surface area contributed by atoms with Crippen molar-refractivity contribution >= 4 is 29.7 Å². The molecule has 0 spiro atoms. The standard InChI is InChI=1S/C24H28N2O5S/c1-2-12-32-13-11-25-23(29)21(14-22(27)28)26-24(30)31-15-20-18-9-5-3-7-16(18)17-8-4-6-10-19(17)20/h3-10,20-21H,2,11-15H2,1H3,(H,25,29)(H,26,30)(H,27,28). The number of ether oxygens (including phenoxy) is 1. The van der Waals surface area contributed by atoms with E-state index in [-0.39, 0.29) is 12.5 Å². The molecule has 8 heteroatoms. The van der Waals surface area contributed by atoms with Crippen LogP contribution in [0.5, 0.6) is 0 Å². The van der Waals surface area contributed by atoms with Gasteiger partial charge in [0.25, 0.3) is 0 Å². The Hall–Kier alpha value is -3.00. The van der Waals surface area contributed by atoms with Crippen LogP contribution in [-0.2, 0) is 14.3 Å². The highest BCUT2D eigenvalue weighted by Gasteiger charge is 2.30. The Kier molecular flexibility index (Phi) is 8.56. The largest absolute Gasteiger partial charge is 0.481 e. The molecule has 0 aliphatic heterocycles. The van der Waals surface area contributed by atoms with E-state index in [0.29, 0.717) is 6.54 Å². The van der Waals surface area contributed by atoms with Crippen molar-refractivity contribution in [1.82, 2.24) is 10.6 Å². The SMILES string of the molecule is CCCSCCNC(=O)C(CC(=O)O)NC(=O)OCC1c2ccccc2-c2ccccc21. The predicted molar refractivity (Wildman–Crippen MR) is 125 cm³/mol. The lowest BCUT2D eigenvalue weighted by Crippen LogP contribution is -2.48. The number of rotatable bonds is 11. The first-order valence-corrected chi connectivity index (χ1v) is 11.9. The number of alkyl carbamates (subject to hydrolysis) is 1. The molecule has 2 aromatic rings. The Bertz CT molecular complexity index is 919. The topological polar surface area (TPSA) is 105 Å². The van der Waals surface area contributed by atoms with Crippen LogP contribution in [0, 0.1) is 0 Å². The highest BCUT2D eigenvalue weighted by molar-refractivity contribution is 7.99. The molecular formula is C24H28N2O5S. The zero-order chi connectivity index (χ0) is 22.9. The van der Waals surface area contributed by atoms with Crippen molar-refractivity contribution in [3.05, 3.63) is 59.7 Å². The Morgan fingerprint density at radius 3 is 2.25 bits per heavy atom. The molecule has 0 saturated carbocycles. The maximum Gasteiger partial charge on any atom is 0.407 e. The normalized spacial score (nSPS) is 13.0. The second-order valence-corrected chi connectivity index (χ2v) is 8.75. The average Bonchev–Trinajstić information content (AvgIpc) is 3.10. The summed E-state index contributed by atoms with van der Waals surface area (Å²) in [5.41, 5.74) is 4.37. The first-order valence-electron chi connectivity index (χ1n) is 10.7. The van der Waals surface area contributed by atoms with Crippen molar-refractivity contribution in [1.29, 1.82) is 0 Å². The number of fused-ring (bicyclic) bond motifs is 3. The number of carboxylic acid groups (broad SMARTS) is 1. The summed E-state index contributed by atoms with van der Waals surface area (Å²) < 4.78 is 5.43. The Morgan fingerprint density at radius 1 is 1.03 bits per heavy atom. The number of aliphatic carboxylic acids is 1. The number of hydrogen-bond acceptors (Lipinski definition) is 5. The number of benzene rings is 2. The van der Waals surface area contributed by atoms with E-state index in [1.807, 2.05) is 48.5 Å². The summed E-state index contributed by atoms with van der Waals surface area (Å²) in [7, 11) is 0. The second-order valence-electron chi connectivity index (χ2n) is 7.52. The predicted octanol–water partition coefficient (Wildman–Crippen LogP) is 3.63. The van der Waals surface area contributed by atoms with Crippen molar-refractivity contribution in [2.45, 2.75) is 31.7 Å². The van der Waals surface area contributed by atoms with Gasteiger partial charge in [0.1, 0.15) is 12.6 Å². The smallest absolute Gasteiger partial charge is 0.407 e. The molecule has 7 nitrogen and oxygen atoms in total. The monoisotopic (exact) mass is 456 g/mol. The van der Waals surface area contributed by atoms with Crippen LogP contribution in [0.2, 0.25) is 0 Å². The first kappa shape index (κ1) is 23.7. The molecule has 170 valence electrons. The molecule has 0 heterocycles. The van der Waals surface area contributed by atoms with Crippen molar-refractivity contribution in [2.75, 3.05) is 24.7 Å². The quantitative estimate of drug-likeness (QED) is 0.446. The number of thioether (sulfide) groups is 1. The Morgan fingerprint density at radius 2 is 1.66 bits per heavy atom. The van der Waals surface area contributed by atoms with Gasteiger partial charge in [0.15, 0.2) is 0 Å². The highest BCUT2D eigenvalue weighted by Crippen LogP contribution is 2.44. The van der Waals surface area contributed by atoms with Crippen molar-refractivity contribution in [3.8, 4) is 11.1 Å². The number of amides is 2. The van der Waals surface area contributed by atoms with Gasteiger partial charge in [-0.25, -0.2) is 4.79 Å². The molecule has 1 aliphatic rings. The van der Waals surface area contributed by atoms with Gasteiger partial charge >= 0.3 is 12.1 Å². The maximum atomic E-state index is 12.4. The van der Waals surface area contributed by atoms with E-state index >= 15 is 0 Å². The molecule has 3 N–H and O–H groups in total. The molecule has 3 rings (SSSR count). The third-order valence-electron chi connectivity index (χ3n) is 5.23. The van der Waals surface area contributed by atoms with Crippen LogP contribution in [-0.4, -0.2) is 53.8 Å². The molecular weight excluding hydrogens is 428 g/mol. The van der Waals surface area contributed by atoms with Gasteiger partial charge in [0, 0.05) is 18.2 Å². The van der Waals surface area contributed by atoms with Crippen molar-refractivity contribution in [2.24, 2.45) is 0 Å². The first-order chi connectivity index (χ1) is 15.5. The van der Waals surface area contributed by atoms with Crippen LogP contribution in [0.3, 0.4) is 0 Å². The molecule has 2 aromatic carbocycles. The molecule has 32 heavy (non-hydrogen) atoms. The lowest BCUT2D eigenvalue weighted by molar-refractivity contribution is -0.139. The number of carbonyl (C=O) groups excluding carboxylic acids is 2. The summed E-state index contributed by atoms with van der Waals surface area (Å²) in [5, 5.41) is 14.2. The van der Waals surface area contributed by atoms with Gasteiger partial charge in [-0.05, 0) is 34.4 Å². The average molecular weight is 457 g/mol. The summed E-state index contributed by atoms with van der Waals surface area (Å²) in [4.78, 5) is 36.0. The van der Waals surface area contributed by atoms with Gasteiger partial charge in [-0.2, -0.15) is 11.8 Å². The molecule has 1 aliphatic carbocycles. The van der Waals surface area contributed by atoms with E-state index in [0.717, 1.165) is 40.2 Å². The van der Waals surface area contributed by atoms with Gasteiger partial charge in [0.2, 0.25) is 5.91 Å². The summed E-state index contributed by atoms with van der Waals surface area (Å²) in [6.45, 7) is 2.58. The third kappa shape index (κ3) is 6.03. The number of nitrogens with one attached hydrogen (secondary N) is 2. The minimum absolute atomic E-state index is 0.0922. The summed E-state index contributed by atoms with van der Waals surface area (Å²) in [6.07, 6.45) is -0.282. The van der Waals surface area contributed by atoms with Crippen LogP contribution in [0.1, 0.15) is 36.8 Å². The van der Waals surface area contributed by atoms with Gasteiger partial charge < -0.3 is 20.5 Å². The second kappa shape index (κ2) is 11.6. The van der Waals surface area contributed by atoms with Crippen LogP contribution >= 0.6 is 11.8 Å². The summed E-state index contributed by atoms with van der Waals surface area (Å²) >= 11 is 1.70. The fraction of sp³-hybridized carbons (Fsp3) is 0.375. The van der Waals surface area contributed by atoms with Crippen LogP contribution < -0.4 is 10.6 Å². The van der Waals surface area contributed by atoms with E-state index in [1.54, 1.807) is 11.8 Å². The van der Waals surface area contributed by atoms with E-state index in [9.17, 15) is 14.4 Å². The fourth-order valence-corrected chi connectivity index (χ4v) is 4.52. The molecule has 0 radical (unpaired) electrons. The minimum atomic E-state index is -1.20. The molecule has 0 aromatic heterocycles. The fourth-order valence-electron chi connectivity index (χ4n) is 3.78. The van der Waals surface area contributed by atoms with Gasteiger partial charge in [-0.3, -0.25) is 9.59 Å². The van der Waals surface area contributed by atoms with Gasteiger partial charge in [0.05, 0.1) is 6.42 Å². The van der Waals surface area contributed by atoms with Crippen LogP contribution in [0.15, 0.2) is 48.5 Å². The van der Waals surface area contributed by atoms with E-state index in [4.69, 9.17) is 9.84 Å². The number of carbonyl (C=O) groups is 3. The Balaban J connectivity index is 1.58. The molecule has 0 bridgehead atoms. The minimum Gasteiger partial charge on any atom is -0.481 e. The van der Waals surface area contributed by atoms with Crippen LogP contribution in [0.25, 0.3) is 11.1 Å². The van der Waals surface area contributed by atoms with Gasteiger partial charge in [-0.15, -0.1) is 0 Å². The van der Waals surface area contributed by atoms with Gasteiger partial charge in [-0.1, -0.05) is 55.5 Å². The third-order valence-corrected chi connectivity index (χ3v) is 6.41. The van der Waals surface area contributed by atoms with E-state index in [1.165, 1.54) is 0 Å². The zero-order valence-corrected chi connectivity index (χ0v) is 18.8. The molecule has 1 atom stereocenters. The highest BCUT2D eigenvalue weighted by atomic mass is 32.2. The van der Waals surface area contributed by atoms with Crippen LogP contribution in [0.4, 0.5) is 4.79 Å². The Labute approximate surface area is 191 Å². The zero-order valence-electron chi connectivity index (χ0n) is 18.0. The lowest BCUT2D eigenvalue weighted by Gasteiger charge is -2.18.